The van der Waals surface area contributed by atoms with E-state index in [9.17, 15) is 4.39 Å². The zero-order valence-electron chi connectivity index (χ0n) is 10.4. The van der Waals surface area contributed by atoms with Crippen molar-refractivity contribution in [3.8, 4) is 17.2 Å². The van der Waals surface area contributed by atoms with Crippen molar-refractivity contribution >= 4 is 17.3 Å². The second-order valence-electron chi connectivity index (χ2n) is 4.28. The van der Waals surface area contributed by atoms with E-state index in [0.717, 1.165) is 11.6 Å². The van der Waals surface area contributed by atoms with Gasteiger partial charge in [0.2, 0.25) is 6.79 Å². The van der Waals surface area contributed by atoms with Crippen molar-refractivity contribution < 1.29 is 18.6 Å². The van der Waals surface area contributed by atoms with Gasteiger partial charge in [0.15, 0.2) is 11.5 Å². The summed E-state index contributed by atoms with van der Waals surface area (Å²) in [5.41, 5.74) is 6.76. The van der Waals surface area contributed by atoms with Gasteiger partial charge in [-0.25, -0.2) is 4.39 Å². The minimum atomic E-state index is -0.570. The summed E-state index contributed by atoms with van der Waals surface area (Å²) in [6, 6.07) is 7.98. The van der Waals surface area contributed by atoms with Gasteiger partial charge in [0.05, 0.1) is 10.7 Å². The molecule has 0 spiro atoms. The zero-order valence-corrected chi connectivity index (χ0v) is 11.1. The topological polar surface area (TPSA) is 53.7 Å². The smallest absolute Gasteiger partial charge is 0.231 e. The fourth-order valence-corrected chi connectivity index (χ4v) is 2.01. The van der Waals surface area contributed by atoms with Crippen molar-refractivity contribution in [2.75, 3.05) is 12.5 Å². The van der Waals surface area contributed by atoms with Gasteiger partial charge < -0.3 is 19.9 Å². The van der Waals surface area contributed by atoms with Crippen LogP contribution in [0.2, 0.25) is 5.02 Å². The summed E-state index contributed by atoms with van der Waals surface area (Å²) in [6.45, 7) is 0.489. The fraction of sp³-hybridized carbons (Fsp3) is 0.143. The molecule has 2 N–H and O–H groups in total. The maximum atomic E-state index is 13.2. The summed E-state index contributed by atoms with van der Waals surface area (Å²) >= 11 is 5.70. The third-order valence-corrected chi connectivity index (χ3v) is 3.17. The van der Waals surface area contributed by atoms with Crippen molar-refractivity contribution in [2.45, 2.75) is 6.61 Å². The highest BCUT2D eigenvalue weighted by Crippen LogP contribution is 2.33. The van der Waals surface area contributed by atoms with Gasteiger partial charge >= 0.3 is 0 Å². The predicted octanol–water partition coefficient (Wildman–Crippen LogP) is 3.37. The van der Waals surface area contributed by atoms with E-state index in [1.54, 1.807) is 0 Å². The zero-order chi connectivity index (χ0) is 14.1. The second-order valence-corrected chi connectivity index (χ2v) is 4.69. The molecule has 0 fully saturated rings. The molecule has 2 aromatic rings. The standard InChI is InChI=1S/C14H11ClFNO3/c15-9-4-13(11(17)5-10(9)16)18-6-8-1-2-12-14(3-8)20-7-19-12/h1-5H,6-7,17H2. The van der Waals surface area contributed by atoms with Crippen molar-refractivity contribution in [2.24, 2.45) is 0 Å². The first kappa shape index (κ1) is 12.9. The highest BCUT2D eigenvalue weighted by molar-refractivity contribution is 6.31. The molecule has 1 heterocycles. The van der Waals surface area contributed by atoms with E-state index < -0.39 is 5.82 Å². The first-order chi connectivity index (χ1) is 9.63. The van der Waals surface area contributed by atoms with Crippen LogP contribution in [0.15, 0.2) is 30.3 Å². The van der Waals surface area contributed by atoms with Gasteiger partial charge in [-0.15, -0.1) is 0 Å². The summed E-state index contributed by atoms with van der Waals surface area (Å²) in [7, 11) is 0. The Balaban J connectivity index is 1.75. The first-order valence-electron chi connectivity index (χ1n) is 5.89. The number of fused-ring (bicyclic) bond motifs is 1. The van der Waals surface area contributed by atoms with E-state index in [4.69, 9.17) is 31.5 Å². The largest absolute Gasteiger partial charge is 0.487 e. The molecule has 0 radical (unpaired) electrons. The lowest BCUT2D eigenvalue weighted by molar-refractivity contribution is 0.174. The Morgan fingerprint density at radius 1 is 1.20 bits per heavy atom. The van der Waals surface area contributed by atoms with E-state index in [2.05, 4.69) is 0 Å². The Morgan fingerprint density at radius 3 is 2.85 bits per heavy atom. The van der Waals surface area contributed by atoms with Crippen molar-refractivity contribution in [3.63, 3.8) is 0 Å². The molecule has 0 atom stereocenters. The maximum absolute atomic E-state index is 13.2. The highest BCUT2D eigenvalue weighted by Gasteiger charge is 2.14. The van der Waals surface area contributed by atoms with Crippen LogP contribution in [-0.2, 0) is 6.61 Å². The molecule has 20 heavy (non-hydrogen) atoms. The van der Waals surface area contributed by atoms with Crippen molar-refractivity contribution in [3.05, 3.63) is 46.7 Å². The number of hydrogen-bond donors (Lipinski definition) is 1. The average Bonchev–Trinajstić information content (AvgIpc) is 2.89. The molecule has 0 bridgehead atoms. The van der Waals surface area contributed by atoms with Crippen LogP contribution in [0.1, 0.15) is 5.56 Å². The van der Waals surface area contributed by atoms with Gasteiger partial charge in [-0.3, -0.25) is 0 Å². The molecule has 0 amide bonds. The van der Waals surface area contributed by atoms with Crippen LogP contribution in [0.25, 0.3) is 0 Å². The lowest BCUT2D eigenvalue weighted by Crippen LogP contribution is -1.99. The fourth-order valence-electron chi connectivity index (χ4n) is 1.86. The number of ether oxygens (including phenoxy) is 3. The number of rotatable bonds is 3. The van der Waals surface area contributed by atoms with Gasteiger partial charge in [-0.1, -0.05) is 17.7 Å². The average molecular weight is 296 g/mol. The molecule has 0 aliphatic carbocycles. The Bertz CT molecular complexity index is 663. The quantitative estimate of drug-likeness (QED) is 0.882. The predicted molar refractivity (Wildman–Crippen MR) is 72.7 cm³/mol. The van der Waals surface area contributed by atoms with E-state index >= 15 is 0 Å². The van der Waals surface area contributed by atoms with Crippen LogP contribution >= 0.6 is 11.6 Å². The molecule has 1 aliphatic rings. The Morgan fingerprint density at radius 2 is 2.00 bits per heavy atom. The molecular formula is C14H11ClFNO3. The lowest BCUT2D eigenvalue weighted by atomic mass is 10.2. The molecule has 104 valence electrons. The SMILES string of the molecule is Nc1cc(F)c(Cl)cc1OCc1ccc2c(c1)OCO2. The molecule has 1 aliphatic heterocycles. The van der Waals surface area contributed by atoms with E-state index in [1.807, 2.05) is 18.2 Å². The molecule has 3 rings (SSSR count). The Labute approximate surface area is 119 Å². The number of nitrogens with two attached hydrogens (primary N) is 1. The van der Waals surface area contributed by atoms with Crippen LogP contribution in [0, 0.1) is 5.82 Å². The number of nitrogen functional groups attached to an aromatic ring is 1. The third kappa shape index (κ3) is 2.44. The summed E-state index contributed by atoms with van der Waals surface area (Å²) in [4.78, 5) is 0. The minimum absolute atomic E-state index is 0.0279. The van der Waals surface area contributed by atoms with Crippen molar-refractivity contribution in [1.82, 2.24) is 0 Å². The molecular weight excluding hydrogens is 285 g/mol. The molecule has 0 unspecified atom stereocenters. The van der Waals surface area contributed by atoms with Gasteiger partial charge in [0.1, 0.15) is 18.2 Å². The second kappa shape index (κ2) is 5.09. The third-order valence-electron chi connectivity index (χ3n) is 2.88. The van der Waals surface area contributed by atoms with Crippen LogP contribution in [-0.4, -0.2) is 6.79 Å². The molecule has 4 nitrogen and oxygen atoms in total. The number of hydrogen-bond acceptors (Lipinski definition) is 4. The maximum Gasteiger partial charge on any atom is 0.231 e. The minimum Gasteiger partial charge on any atom is -0.487 e. The molecule has 0 saturated heterocycles. The Kier molecular flexibility index (Phi) is 3.28. The van der Waals surface area contributed by atoms with Crippen LogP contribution in [0.5, 0.6) is 17.2 Å². The summed E-state index contributed by atoms with van der Waals surface area (Å²) in [5, 5.41) is -0.0279. The Hall–Kier alpha value is -2.14. The molecule has 0 aromatic heterocycles. The van der Waals surface area contributed by atoms with Crippen LogP contribution in [0.4, 0.5) is 10.1 Å². The lowest BCUT2D eigenvalue weighted by Gasteiger charge is -2.10. The van der Waals surface area contributed by atoms with Crippen molar-refractivity contribution in [1.29, 1.82) is 0 Å². The first-order valence-corrected chi connectivity index (χ1v) is 6.27. The molecule has 0 saturated carbocycles. The monoisotopic (exact) mass is 295 g/mol. The van der Waals surface area contributed by atoms with E-state index in [1.165, 1.54) is 6.07 Å². The van der Waals surface area contributed by atoms with Gasteiger partial charge in [0, 0.05) is 12.1 Å². The number of benzene rings is 2. The van der Waals surface area contributed by atoms with Crippen LogP contribution < -0.4 is 19.9 Å². The summed E-state index contributed by atoms with van der Waals surface area (Å²) < 4.78 is 29.2. The van der Waals surface area contributed by atoms with E-state index in [-0.39, 0.29) is 24.1 Å². The summed E-state index contributed by atoms with van der Waals surface area (Å²) in [6.07, 6.45) is 0. The molecule has 6 heteroatoms. The summed E-state index contributed by atoms with van der Waals surface area (Å²) in [5.74, 6) is 1.16. The van der Waals surface area contributed by atoms with Gasteiger partial charge in [-0.05, 0) is 17.7 Å². The van der Waals surface area contributed by atoms with E-state index in [0.29, 0.717) is 17.2 Å². The highest BCUT2D eigenvalue weighted by atomic mass is 35.5. The molecule has 2 aromatic carbocycles. The van der Waals surface area contributed by atoms with Gasteiger partial charge in [-0.2, -0.15) is 0 Å². The number of anilines is 1. The normalized spacial score (nSPS) is 12.5. The van der Waals surface area contributed by atoms with Crippen LogP contribution in [0.3, 0.4) is 0 Å². The number of halogens is 2. The van der Waals surface area contributed by atoms with Gasteiger partial charge in [0.25, 0.3) is 0 Å².